The third-order valence-electron chi connectivity index (χ3n) is 3.47. The second-order valence-electron chi connectivity index (χ2n) is 6.97. The van der Waals surface area contributed by atoms with E-state index >= 15 is 0 Å². The lowest BCUT2D eigenvalue weighted by Gasteiger charge is -2.20. The van der Waals surface area contributed by atoms with Gasteiger partial charge in [0.2, 0.25) is 5.95 Å². The van der Waals surface area contributed by atoms with E-state index in [9.17, 15) is 4.79 Å². The van der Waals surface area contributed by atoms with Gasteiger partial charge in [-0.05, 0) is 51.5 Å². The number of carbonyl (C=O) groups excluding carboxylic acids is 1. The molecule has 7 nitrogen and oxygen atoms in total. The third kappa shape index (κ3) is 5.34. The molecular weight excluding hydrogens is 332 g/mol. The highest BCUT2D eigenvalue weighted by atomic mass is 16.5. The first-order valence-electron chi connectivity index (χ1n) is 8.35. The molecule has 0 saturated heterocycles. The molecule has 26 heavy (non-hydrogen) atoms. The molecule has 2 rings (SSSR count). The van der Waals surface area contributed by atoms with Crippen LogP contribution in [0.2, 0.25) is 0 Å². The molecule has 140 valence electrons. The number of benzene rings is 1. The first-order valence-corrected chi connectivity index (χ1v) is 8.35. The minimum atomic E-state index is -0.330. The van der Waals surface area contributed by atoms with E-state index in [0.29, 0.717) is 35.4 Å². The summed E-state index contributed by atoms with van der Waals surface area (Å²) in [6.45, 7) is 8.10. The number of hydrogen-bond acceptors (Lipinski definition) is 6. The van der Waals surface area contributed by atoms with Crippen LogP contribution >= 0.6 is 0 Å². The van der Waals surface area contributed by atoms with Crippen LogP contribution in [0.1, 0.15) is 42.5 Å². The van der Waals surface area contributed by atoms with Gasteiger partial charge in [-0.15, -0.1) is 0 Å². The van der Waals surface area contributed by atoms with Crippen LogP contribution in [0.15, 0.2) is 24.3 Å². The van der Waals surface area contributed by atoms with Gasteiger partial charge in [-0.1, -0.05) is 6.07 Å². The van der Waals surface area contributed by atoms with Gasteiger partial charge in [0.25, 0.3) is 5.91 Å². The van der Waals surface area contributed by atoms with Gasteiger partial charge in [-0.25, -0.2) is 9.97 Å². The number of aromatic nitrogens is 2. The van der Waals surface area contributed by atoms with Crippen LogP contribution in [-0.4, -0.2) is 35.6 Å². The number of amides is 1. The minimum Gasteiger partial charge on any atom is -0.493 e. The Hall–Kier alpha value is -2.83. The first kappa shape index (κ1) is 19.5. The fraction of sp³-hybridized carbons (Fsp3) is 0.421. The first-order chi connectivity index (χ1) is 12.2. The van der Waals surface area contributed by atoms with Gasteiger partial charge in [-0.3, -0.25) is 4.79 Å². The Kier molecular flexibility index (Phi) is 6.02. The van der Waals surface area contributed by atoms with E-state index in [0.717, 1.165) is 5.56 Å². The number of carbonyl (C=O) groups is 1. The summed E-state index contributed by atoms with van der Waals surface area (Å²) in [5.74, 6) is 1.50. The number of nitrogens with one attached hydrogen (secondary N) is 2. The van der Waals surface area contributed by atoms with Crippen molar-refractivity contribution in [3.8, 4) is 11.5 Å². The number of aryl methyl sites for hydroxylation is 1. The number of nitrogens with zero attached hydrogens (tertiary/aromatic N) is 2. The van der Waals surface area contributed by atoms with Gasteiger partial charge in [0.15, 0.2) is 11.5 Å². The van der Waals surface area contributed by atoms with Gasteiger partial charge >= 0.3 is 0 Å². The second kappa shape index (κ2) is 8.03. The van der Waals surface area contributed by atoms with Crippen molar-refractivity contribution >= 4 is 11.9 Å². The van der Waals surface area contributed by atoms with E-state index in [4.69, 9.17) is 9.47 Å². The van der Waals surface area contributed by atoms with Crippen molar-refractivity contribution in [1.82, 2.24) is 15.3 Å². The lowest BCUT2D eigenvalue weighted by molar-refractivity contribution is 0.0914. The van der Waals surface area contributed by atoms with Gasteiger partial charge in [0.05, 0.1) is 14.2 Å². The average molecular weight is 358 g/mol. The molecule has 0 unspecified atom stereocenters. The monoisotopic (exact) mass is 358 g/mol. The largest absolute Gasteiger partial charge is 0.493 e. The standard InChI is InChI=1S/C19H26N4O3/c1-12-9-14(17(24)23-19(2,3)4)22-18(21-12)20-11-13-7-8-15(25-5)16(10-13)26-6/h7-10H,11H2,1-6H3,(H,23,24)(H,20,21,22). The molecule has 1 heterocycles. The Morgan fingerprint density at radius 1 is 1.08 bits per heavy atom. The number of hydrogen-bond donors (Lipinski definition) is 2. The number of ether oxygens (including phenoxy) is 2. The van der Waals surface area contributed by atoms with Crippen molar-refractivity contribution in [2.45, 2.75) is 39.8 Å². The molecule has 7 heteroatoms. The molecule has 0 atom stereocenters. The van der Waals surface area contributed by atoms with Crippen molar-refractivity contribution in [2.24, 2.45) is 0 Å². The van der Waals surface area contributed by atoms with Crippen LogP contribution in [-0.2, 0) is 6.54 Å². The number of anilines is 1. The molecule has 2 aromatic rings. The Morgan fingerprint density at radius 3 is 2.38 bits per heavy atom. The predicted molar refractivity (Wildman–Crippen MR) is 101 cm³/mol. The van der Waals surface area contributed by atoms with Crippen molar-refractivity contribution in [2.75, 3.05) is 19.5 Å². The predicted octanol–water partition coefficient (Wildman–Crippen LogP) is 2.94. The molecule has 0 bridgehead atoms. The molecule has 0 aliphatic carbocycles. The van der Waals surface area contributed by atoms with Crippen LogP contribution in [0.25, 0.3) is 0 Å². The van der Waals surface area contributed by atoms with Crippen molar-refractivity contribution in [3.05, 3.63) is 41.2 Å². The van der Waals surface area contributed by atoms with Gasteiger partial charge in [0.1, 0.15) is 5.69 Å². The minimum absolute atomic E-state index is 0.225. The summed E-state index contributed by atoms with van der Waals surface area (Å²) >= 11 is 0. The van der Waals surface area contributed by atoms with Crippen molar-refractivity contribution in [1.29, 1.82) is 0 Å². The molecule has 1 aromatic carbocycles. The molecule has 0 spiro atoms. The normalized spacial score (nSPS) is 11.0. The van der Waals surface area contributed by atoms with Gasteiger partial charge < -0.3 is 20.1 Å². The summed E-state index contributed by atoms with van der Waals surface area (Å²) in [4.78, 5) is 21.0. The number of methoxy groups -OCH3 is 2. The van der Waals surface area contributed by atoms with E-state index in [-0.39, 0.29) is 11.4 Å². The number of rotatable bonds is 6. The molecule has 0 fully saturated rings. The zero-order chi connectivity index (χ0) is 19.3. The lowest BCUT2D eigenvalue weighted by Crippen LogP contribution is -2.41. The van der Waals surface area contributed by atoms with E-state index < -0.39 is 0 Å². The Morgan fingerprint density at radius 2 is 1.77 bits per heavy atom. The van der Waals surface area contributed by atoms with Crippen LogP contribution in [0, 0.1) is 6.92 Å². The van der Waals surface area contributed by atoms with E-state index in [1.54, 1.807) is 20.3 Å². The maximum absolute atomic E-state index is 12.3. The fourth-order valence-corrected chi connectivity index (χ4v) is 2.34. The highest BCUT2D eigenvalue weighted by Crippen LogP contribution is 2.27. The van der Waals surface area contributed by atoms with Gasteiger partial charge in [0, 0.05) is 17.8 Å². The van der Waals surface area contributed by atoms with Gasteiger partial charge in [-0.2, -0.15) is 0 Å². The highest BCUT2D eigenvalue weighted by molar-refractivity contribution is 5.93. The second-order valence-corrected chi connectivity index (χ2v) is 6.97. The molecule has 2 N–H and O–H groups in total. The van der Waals surface area contributed by atoms with Crippen molar-refractivity contribution < 1.29 is 14.3 Å². The average Bonchev–Trinajstić information content (AvgIpc) is 2.57. The summed E-state index contributed by atoms with van der Waals surface area (Å²) < 4.78 is 10.5. The summed E-state index contributed by atoms with van der Waals surface area (Å²) in [6.07, 6.45) is 0. The molecule has 0 radical (unpaired) electrons. The molecule has 0 aliphatic rings. The topological polar surface area (TPSA) is 85.4 Å². The highest BCUT2D eigenvalue weighted by Gasteiger charge is 2.17. The molecular formula is C19H26N4O3. The Bertz CT molecular complexity index is 785. The summed E-state index contributed by atoms with van der Waals surface area (Å²) in [5, 5.41) is 6.05. The zero-order valence-corrected chi connectivity index (χ0v) is 16.1. The van der Waals surface area contributed by atoms with E-state index in [2.05, 4.69) is 20.6 Å². The molecule has 1 amide bonds. The summed E-state index contributed by atoms with van der Waals surface area (Å²) in [6, 6.07) is 7.32. The Balaban J connectivity index is 2.14. The quantitative estimate of drug-likeness (QED) is 0.826. The van der Waals surface area contributed by atoms with E-state index in [1.165, 1.54) is 0 Å². The molecule has 0 aliphatic heterocycles. The van der Waals surface area contributed by atoms with Crippen LogP contribution in [0.4, 0.5) is 5.95 Å². The molecule has 1 aromatic heterocycles. The third-order valence-corrected chi connectivity index (χ3v) is 3.47. The lowest BCUT2D eigenvalue weighted by atomic mass is 10.1. The van der Waals surface area contributed by atoms with E-state index in [1.807, 2.05) is 45.9 Å². The fourth-order valence-electron chi connectivity index (χ4n) is 2.34. The maximum Gasteiger partial charge on any atom is 0.270 e. The van der Waals surface area contributed by atoms with Crippen LogP contribution < -0.4 is 20.1 Å². The molecule has 0 saturated carbocycles. The van der Waals surface area contributed by atoms with Crippen LogP contribution in [0.3, 0.4) is 0 Å². The smallest absolute Gasteiger partial charge is 0.270 e. The summed E-state index contributed by atoms with van der Waals surface area (Å²) in [5.41, 5.74) is 1.70. The Labute approximate surface area is 154 Å². The maximum atomic E-state index is 12.3. The summed E-state index contributed by atoms with van der Waals surface area (Å²) in [7, 11) is 3.19. The van der Waals surface area contributed by atoms with Crippen LogP contribution in [0.5, 0.6) is 11.5 Å². The SMILES string of the molecule is COc1ccc(CNc2nc(C)cc(C(=O)NC(C)(C)C)n2)cc1OC. The zero-order valence-electron chi connectivity index (χ0n) is 16.1. The van der Waals surface area contributed by atoms with Crippen molar-refractivity contribution in [3.63, 3.8) is 0 Å².